The Labute approximate surface area is 509 Å². The van der Waals surface area contributed by atoms with E-state index in [1.807, 2.05) is 118 Å². The fourth-order valence-electron chi connectivity index (χ4n) is 9.37. The minimum Gasteiger partial charge on any atom is -0.574 e. The van der Waals surface area contributed by atoms with E-state index in [1.54, 1.807) is 12.4 Å². The summed E-state index contributed by atoms with van der Waals surface area (Å²) in [7, 11) is 0. The van der Waals surface area contributed by atoms with Crippen LogP contribution in [0.15, 0.2) is 134 Å². The van der Waals surface area contributed by atoms with Gasteiger partial charge in [-0.3, -0.25) is 29.9 Å². The molecule has 6 heterocycles. The third-order valence-electron chi connectivity index (χ3n) is 12.4. The first-order valence-electron chi connectivity index (χ1n) is 27.9. The standard InChI is InChI=1S/C25H31N2.C23H27N2.C12H14N3.C9H8N3.2Ir/c1-17-23(27-22-11-9-8-10-21(22)26-17)20-13-18(15-24(2,3)4)12-19(14-20)16-25(5,6)7;1-15(2)10-18-12-19(11-16(3)4)14-20(13-18)23-17(5)24-21-8-6-7-9-22(21)25-23;1-9(2)7-10-8-12(15-14-10)11-5-3-4-6-13-11;1-7-6-9(12-11-7)8-4-2-3-5-10-8;;/h8-13H,15-16H2,1-7H3;6-9,12-13,15-16H,10-11H2,1-5H3;3-6,8-9H,7H2,1-2H3;2-6H,1H3;;/q4*-1;;. The van der Waals surface area contributed by atoms with E-state index in [2.05, 4.69) is 150 Å². The molecule has 0 spiro atoms. The summed E-state index contributed by atoms with van der Waals surface area (Å²) in [5.41, 5.74) is 20.9. The van der Waals surface area contributed by atoms with Gasteiger partial charge >= 0.3 is 0 Å². The maximum absolute atomic E-state index is 4.93. The second-order valence-corrected chi connectivity index (χ2v) is 24.4. The van der Waals surface area contributed by atoms with Gasteiger partial charge in [-0.1, -0.05) is 143 Å². The largest absolute Gasteiger partial charge is 0.574 e. The van der Waals surface area contributed by atoms with Crippen molar-refractivity contribution < 1.29 is 40.2 Å². The summed E-state index contributed by atoms with van der Waals surface area (Å²) in [5.74, 6) is 1.85. The van der Waals surface area contributed by atoms with E-state index in [0.29, 0.717) is 17.8 Å². The Bertz CT molecular complexity index is 3470. The summed E-state index contributed by atoms with van der Waals surface area (Å²) in [4.78, 5) is 27.7. The van der Waals surface area contributed by atoms with Gasteiger partial charge < -0.3 is 20.4 Å². The summed E-state index contributed by atoms with van der Waals surface area (Å²) in [6, 6.07) is 48.0. The first kappa shape index (κ1) is 65.4. The number of para-hydroxylation sites is 4. The fraction of sp³-hybridized carbons (Fsp3) is 0.362. The molecule has 0 aliphatic heterocycles. The molecule has 0 saturated carbocycles. The molecule has 428 valence electrons. The van der Waals surface area contributed by atoms with Gasteiger partial charge in [0.1, 0.15) is 0 Å². The SMILES string of the molecule is CC(C)Cc1cc(-c2ccccn2)[n-]n1.Cc1cc(-c2ccccn2)[n-]n1.Cc1nc2ccccc2nc1-c1[c-]c(CC(C)(C)C)cc(CC(C)(C)C)c1.Cc1nc2ccccc2nc1-c1[c-]c(CC(C)C)cc(CC(C)C)c1.[Ir].[Ir]. The van der Waals surface area contributed by atoms with Crippen LogP contribution in [-0.2, 0) is 72.3 Å². The van der Waals surface area contributed by atoms with Crippen LogP contribution in [0.4, 0.5) is 0 Å². The number of fused-ring (bicyclic) bond motifs is 2. The maximum atomic E-state index is 4.93. The number of hydrogen-bond acceptors (Lipinski definition) is 8. The first-order valence-corrected chi connectivity index (χ1v) is 27.9. The molecule has 4 aromatic carbocycles. The minimum absolute atomic E-state index is 0. The topological polar surface area (TPSA) is 131 Å². The van der Waals surface area contributed by atoms with E-state index in [1.165, 1.54) is 22.3 Å². The summed E-state index contributed by atoms with van der Waals surface area (Å²) < 4.78 is 0. The Morgan fingerprint density at radius 3 is 1.32 bits per heavy atom. The van der Waals surface area contributed by atoms with Crippen molar-refractivity contribution in [2.45, 2.75) is 136 Å². The Morgan fingerprint density at radius 2 is 0.877 bits per heavy atom. The van der Waals surface area contributed by atoms with E-state index in [9.17, 15) is 0 Å². The third kappa shape index (κ3) is 20.5. The third-order valence-corrected chi connectivity index (χ3v) is 12.4. The first-order chi connectivity index (χ1) is 37.5. The minimum atomic E-state index is 0. The number of hydrogen-bond donors (Lipinski definition) is 0. The second-order valence-electron chi connectivity index (χ2n) is 24.4. The summed E-state index contributed by atoms with van der Waals surface area (Å²) in [5, 5.41) is 16.1. The van der Waals surface area contributed by atoms with Gasteiger partial charge in [0.05, 0.1) is 22.1 Å². The average Bonchev–Trinajstić information content (AvgIpc) is 4.04. The van der Waals surface area contributed by atoms with Gasteiger partial charge in [-0.2, -0.15) is 0 Å². The Morgan fingerprint density at radius 1 is 0.444 bits per heavy atom. The normalized spacial score (nSPS) is 11.3. The number of rotatable bonds is 12. The molecule has 0 aliphatic rings. The van der Waals surface area contributed by atoms with Crippen LogP contribution in [-0.4, -0.2) is 40.1 Å². The van der Waals surface area contributed by atoms with E-state index in [-0.39, 0.29) is 51.0 Å². The van der Waals surface area contributed by atoms with Gasteiger partial charge in [0.25, 0.3) is 0 Å². The van der Waals surface area contributed by atoms with Crippen molar-refractivity contribution in [3.05, 3.63) is 191 Å². The molecular formula is C69H80Ir2N10-4. The Kier molecular flexibility index (Phi) is 24.3. The molecule has 0 saturated heterocycles. The zero-order valence-electron chi connectivity index (χ0n) is 50.1. The van der Waals surface area contributed by atoms with E-state index >= 15 is 0 Å². The molecular weight excluding hydrogens is 1350 g/mol. The molecule has 2 radical (unpaired) electrons. The van der Waals surface area contributed by atoms with Gasteiger partial charge in [-0.05, 0) is 130 Å². The average molecular weight is 1430 g/mol. The molecule has 10 nitrogen and oxygen atoms in total. The Hall–Kier alpha value is -6.42. The zero-order chi connectivity index (χ0) is 56.9. The van der Waals surface area contributed by atoms with Gasteiger partial charge in [-0.25, -0.2) is 0 Å². The molecule has 10 aromatic rings. The van der Waals surface area contributed by atoms with Crippen molar-refractivity contribution in [3.63, 3.8) is 0 Å². The molecule has 0 atom stereocenters. The molecule has 0 amide bonds. The van der Waals surface area contributed by atoms with Gasteiger partial charge in [0.2, 0.25) is 0 Å². The summed E-state index contributed by atoms with van der Waals surface area (Å²) in [6.45, 7) is 33.1. The summed E-state index contributed by atoms with van der Waals surface area (Å²) >= 11 is 0. The van der Waals surface area contributed by atoms with Crippen molar-refractivity contribution in [2.75, 3.05) is 0 Å². The summed E-state index contributed by atoms with van der Waals surface area (Å²) in [6.07, 6.45) is 8.64. The molecule has 12 heteroatoms. The molecule has 0 N–H and O–H groups in total. The molecule has 81 heavy (non-hydrogen) atoms. The molecule has 10 rings (SSSR count). The number of pyridine rings is 2. The van der Waals surface area contributed by atoms with Crippen molar-refractivity contribution in [3.8, 4) is 45.3 Å². The predicted molar refractivity (Wildman–Crippen MR) is 325 cm³/mol. The molecule has 6 aromatic heterocycles. The smallest absolute Gasteiger partial charge is 0.0870 e. The fourth-order valence-corrected chi connectivity index (χ4v) is 9.37. The molecule has 0 aliphatic carbocycles. The maximum Gasteiger partial charge on any atom is 0.0870 e. The van der Waals surface area contributed by atoms with Gasteiger partial charge in [0, 0.05) is 98.2 Å². The predicted octanol–water partition coefficient (Wildman–Crippen LogP) is 16.1. The van der Waals surface area contributed by atoms with Crippen LogP contribution in [0.25, 0.3) is 67.4 Å². The number of nitrogens with zero attached hydrogens (tertiary/aromatic N) is 10. The van der Waals surface area contributed by atoms with Crippen molar-refractivity contribution in [2.24, 2.45) is 28.6 Å². The quantitative estimate of drug-likeness (QED) is 0.109. The number of aromatic nitrogens is 10. The number of benzene rings is 4. The van der Waals surface area contributed by atoms with Crippen LogP contribution >= 0.6 is 0 Å². The van der Waals surface area contributed by atoms with Crippen LogP contribution in [0, 0.1) is 61.5 Å². The molecule has 0 bridgehead atoms. The zero-order valence-corrected chi connectivity index (χ0v) is 54.9. The van der Waals surface area contributed by atoms with Gasteiger partial charge in [0.15, 0.2) is 0 Å². The van der Waals surface area contributed by atoms with E-state index < -0.39 is 0 Å². The van der Waals surface area contributed by atoms with E-state index in [4.69, 9.17) is 19.9 Å². The Balaban J connectivity index is 0.000000205. The second kappa shape index (κ2) is 30.0. The van der Waals surface area contributed by atoms with Crippen molar-refractivity contribution in [1.82, 2.24) is 50.3 Å². The monoisotopic (exact) mass is 1430 g/mol. The van der Waals surface area contributed by atoms with E-state index in [0.717, 1.165) is 122 Å². The molecule has 0 fully saturated rings. The van der Waals surface area contributed by atoms with Crippen LogP contribution in [0.5, 0.6) is 0 Å². The molecule has 0 unspecified atom stereocenters. The van der Waals surface area contributed by atoms with Crippen LogP contribution in [0.3, 0.4) is 0 Å². The number of aryl methyl sites for hydroxylation is 3. The van der Waals surface area contributed by atoms with Crippen LogP contribution < -0.4 is 10.2 Å². The van der Waals surface area contributed by atoms with Gasteiger partial charge in [-0.15, -0.1) is 69.8 Å². The van der Waals surface area contributed by atoms with Crippen molar-refractivity contribution in [1.29, 1.82) is 0 Å². The van der Waals surface area contributed by atoms with Crippen molar-refractivity contribution >= 4 is 22.1 Å². The van der Waals surface area contributed by atoms with Crippen LogP contribution in [0.2, 0.25) is 0 Å². The van der Waals surface area contributed by atoms with Crippen LogP contribution in [0.1, 0.15) is 128 Å².